The Morgan fingerprint density at radius 2 is 2.07 bits per heavy atom. The van der Waals surface area contributed by atoms with Gasteiger partial charge in [-0.2, -0.15) is 4.31 Å². The van der Waals surface area contributed by atoms with Gasteiger partial charge in [0.05, 0.1) is 11.1 Å². The van der Waals surface area contributed by atoms with Gasteiger partial charge in [-0.05, 0) is 50.3 Å². The van der Waals surface area contributed by atoms with E-state index in [4.69, 9.17) is 4.42 Å². The van der Waals surface area contributed by atoms with Crippen molar-refractivity contribution in [3.8, 4) is 11.3 Å². The van der Waals surface area contributed by atoms with E-state index in [2.05, 4.69) is 10.3 Å². The van der Waals surface area contributed by atoms with Crippen LogP contribution in [0.25, 0.3) is 11.3 Å². The zero-order chi connectivity index (χ0) is 18.3. The molecule has 2 atom stereocenters. The quantitative estimate of drug-likeness (QED) is 0.839. The summed E-state index contributed by atoms with van der Waals surface area (Å²) < 4.78 is 33.9. The largest absolute Gasteiger partial charge is 0.441 e. The molecule has 148 valence electrons. The van der Waals surface area contributed by atoms with Gasteiger partial charge in [-0.15, -0.1) is 12.4 Å². The highest BCUT2D eigenvalue weighted by molar-refractivity contribution is 7.89. The van der Waals surface area contributed by atoms with E-state index < -0.39 is 10.0 Å². The van der Waals surface area contributed by atoms with Crippen molar-refractivity contribution in [1.82, 2.24) is 14.6 Å². The van der Waals surface area contributed by atoms with E-state index >= 15 is 0 Å². The molecule has 1 N–H and O–H groups in total. The van der Waals surface area contributed by atoms with E-state index in [1.165, 1.54) is 0 Å². The summed E-state index contributed by atoms with van der Waals surface area (Å²) in [7, 11) is -3.52. The molecule has 2 fully saturated rings. The predicted octanol–water partition coefficient (Wildman–Crippen LogP) is 3.14. The lowest BCUT2D eigenvalue weighted by molar-refractivity contribution is 0.171. The van der Waals surface area contributed by atoms with Crippen molar-refractivity contribution in [3.63, 3.8) is 0 Å². The Morgan fingerprint density at radius 3 is 2.81 bits per heavy atom. The molecule has 1 aromatic carbocycles. The molecular weight excluding hydrogens is 386 g/mol. The number of aryl methyl sites for hydroxylation is 2. The molecular formula is C19H26ClN3O3S. The summed E-state index contributed by atoms with van der Waals surface area (Å²) in [4.78, 5) is 4.48. The van der Waals surface area contributed by atoms with Crippen LogP contribution in [0.2, 0.25) is 0 Å². The van der Waals surface area contributed by atoms with Crippen LogP contribution in [-0.4, -0.2) is 43.4 Å². The number of sulfonamides is 1. The number of benzene rings is 1. The molecule has 0 radical (unpaired) electrons. The normalized spacial score (nSPS) is 23.5. The van der Waals surface area contributed by atoms with Crippen LogP contribution >= 0.6 is 12.4 Å². The van der Waals surface area contributed by atoms with E-state index in [1.807, 2.05) is 19.1 Å². The van der Waals surface area contributed by atoms with Gasteiger partial charge in [0.2, 0.25) is 10.0 Å². The summed E-state index contributed by atoms with van der Waals surface area (Å²) in [6, 6.07) is 5.90. The molecule has 8 heteroatoms. The minimum Gasteiger partial charge on any atom is -0.441 e. The molecule has 4 rings (SSSR count). The van der Waals surface area contributed by atoms with Crippen molar-refractivity contribution in [3.05, 3.63) is 35.9 Å². The Labute approximate surface area is 166 Å². The highest BCUT2D eigenvalue weighted by atomic mass is 35.5. The molecule has 27 heavy (non-hydrogen) atoms. The number of rotatable bonds is 3. The summed E-state index contributed by atoms with van der Waals surface area (Å²) in [5.41, 5.74) is 1.50. The van der Waals surface area contributed by atoms with Gasteiger partial charge < -0.3 is 9.73 Å². The first-order chi connectivity index (χ1) is 12.4. The molecule has 3 heterocycles. The molecule has 0 saturated carbocycles. The van der Waals surface area contributed by atoms with E-state index in [1.54, 1.807) is 23.5 Å². The Bertz CT molecular complexity index is 913. The Balaban J connectivity index is 0.00000210. The fraction of sp³-hybridized carbons (Fsp3) is 0.526. The predicted molar refractivity (Wildman–Crippen MR) is 107 cm³/mol. The molecule has 1 aromatic heterocycles. The monoisotopic (exact) mass is 411 g/mol. The van der Waals surface area contributed by atoms with Crippen molar-refractivity contribution < 1.29 is 12.8 Å². The van der Waals surface area contributed by atoms with Crippen molar-refractivity contribution in [1.29, 1.82) is 0 Å². The summed E-state index contributed by atoms with van der Waals surface area (Å²) in [6.07, 6.45) is 4.73. The number of nitrogens with one attached hydrogen (secondary N) is 1. The number of fused-ring (bicyclic) bond motifs is 1. The molecule has 0 spiro atoms. The maximum absolute atomic E-state index is 13.3. The third kappa shape index (κ3) is 3.92. The molecule has 0 unspecified atom stereocenters. The fourth-order valence-electron chi connectivity index (χ4n) is 4.10. The van der Waals surface area contributed by atoms with Gasteiger partial charge >= 0.3 is 0 Å². The third-order valence-corrected chi connectivity index (χ3v) is 7.57. The number of hydrogen-bond acceptors (Lipinski definition) is 5. The first-order valence-corrected chi connectivity index (χ1v) is 10.7. The standard InChI is InChI=1S/C19H25N3O3S.ClH/c1-13-5-6-15(18-11-21-14(2)25-18)10-19(13)26(23,24)22-9-7-17-16(12-22)4-3-8-20-17;/h5-6,10-11,16-17,20H,3-4,7-9,12H2,1-2H3;1H/t16-,17+;/m1./s1. The van der Waals surface area contributed by atoms with E-state index in [0.29, 0.717) is 41.6 Å². The Kier molecular flexibility index (Phi) is 5.96. The van der Waals surface area contributed by atoms with Crippen LogP contribution in [0.15, 0.2) is 33.7 Å². The van der Waals surface area contributed by atoms with Gasteiger partial charge in [0.1, 0.15) is 0 Å². The van der Waals surface area contributed by atoms with Crippen molar-refractivity contribution in [2.75, 3.05) is 19.6 Å². The van der Waals surface area contributed by atoms with Gasteiger partial charge in [-0.3, -0.25) is 0 Å². The highest BCUT2D eigenvalue weighted by Crippen LogP contribution is 2.32. The minimum absolute atomic E-state index is 0. The SMILES string of the molecule is Cc1ncc(-c2ccc(C)c(S(=O)(=O)N3CC[C@@H]4NCCC[C@@H]4C3)c2)o1.Cl. The summed E-state index contributed by atoms with van der Waals surface area (Å²) in [6.45, 7) is 5.84. The lowest BCUT2D eigenvalue weighted by atomic mass is 9.86. The van der Waals surface area contributed by atoms with Gasteiger partial charge in [-0.25, -0.2) is 13.4 Å². The summed E-state index contributed by atoms with van der Waals surface area (Å²) >= 11 is 0. The lowest BCUT2D eigenvalue weighted by Gasteiger charge is -2.41. The van der Waals surface area contributed by atoms with Crippen LogP contribution < -0.4 is 5.32 Å². The van der Waals surface area contributed by atoms with Crippen LogP contribution in [0.5, 0.6) is 0 Å². The smallest absolute Gasteiger partial charge is 0.243 e. The van der Waals surface area contributed by atoms with E-state index in [0.717, 1.165) is 36.9 Å². The maximum atomic E-state index is 13.3. The second kappa shape index (κ2) is 7.91. The molecule has 2 aliphatic heterocycles. The number of oxazole rings is 1. The molecule has 6 nitrogen and oxygen atoms in total. The second-order valence-electron chi connectivity index (χ2n) is 7.34. The molecule has 2 saturated heterocycles. The average Bonchev–Trinajstić information content (AvgIpc) is 3.08. The van der Waals surface area contributed by atoms with Gasteiger partial charge in [-0.1, -0.05) is 12.1 Å². The minimum atomic E-state index is -3.52. The first-order valence-electron chi connectivity index (χ1n) is 9.22. The summed E-state index contributed by atoms with van der Waals surface area (Å²) in [5, 5.41) is 3.54. The van der Waals surface area contributed by atoms with Gasteiger partial charge in [0.25, 0.3) is 0 Å². The highest BCUT2D eigenvalue weighted by Gasteiger charge is 2.37. The first kappa shape index (κ1) is 20.3. The van der Waals surface area contributed by atoms with E-state index in [9.17, 15) is 8.42 Å². The van der Waals surface area contributed by atoms with Crippen molar-refractivity contribution >= 4 is 22.4 Å². The van der Waals surface area contributed by atoms with Crippen LogP contribution in [0.1, 0.15) is 30.7 Å². The molecule has 0 aliphatic carbocycles. The van der Waals surface area contributed by atoms with Crippen LogP contribution in [-0.2, 0) is 10.0 Å². The third-order valence-electron chi connectivity index (χ3n) is 5.57. The van der Waals surface area contributed by atoms with E-state index in [-0.39, 0.29) is 12.4 Å². The van der Waals surface area contributed by atoms with Crippen molar-refractivity contribution in [2.45, 2.75) is 44.0 Å². The number of aromatic nitrogens is 1. The number of halogens is 1. The van der Waals surface area contributed by atoms with Crippen molar-refractivity contribution in [2.24, 2.45) is 5.92 Å². The second-order valence-corrected chi connectivity index (χ2v) is 9.24. The van der Waals surface area contributed by atoms with Crippen LogP contribution in [0.3, 0.4) is 0 Å². The number of piperidine rings is 2. The summed E-state index contributed by atoms with van der Waals surface area (Å²) in [5.74, 6) is 1.57. The van der Waals surface area contributed by atoms with Gasteiger partial charge in [0, 0.05) is 31.6 Å². The zero-order valence-electron chi connectivity index (χ0n) is 15.6. The number of nitrogens with zero attached hydrogens (tertiary/aromatic N) is 2. The maximum Gasteiger partial charge on any atom is 0.243 e. The zero-order valence-corrected chi connectivity index (χ0v) is 17.3. The molecule has 2 aromatic rings. The average molecular weight is 412 g/mol. The Morgan fingerprint density at radius 1 is 1.26 bits per heavy atom. The fourth-order valence-corrected chi connectivity index (χ4v) is 5.86. The van der Waals surface area contributed by atoms with Crippen LogP contribution in [0, 0.1) is 19.8 Å². The molecule has 0 bridgehead atoms. The molecule has 0 amide bonds. The number of hydrogen-bond donors (Lipinski definition) is 1. The molecule has 2 aliphatic rings. The van der Waals surface area contributed by atoms with Gasteiger partial charge in [0.15, 0.2) is 11.7 Å². The van der Waals surface area contributed by atoms with Crippen LogP contribution in [0.4, 0.5) is 0 Å². The topological polar surface area (TPSA) is 75.4 Å². The Hall–Kier alpha value is -1.41. The lowest BCUT2D eigenvalue weighted by Crippen LogP contribution is -2.53.